The van der Waals surface area contributed by atoms with Crippen LogP contribution in [-0.2, 0) is 0 Å². The molecule has 156 valence electrons. The Morgan fingerprint density at radius 3 is 2.45 bits per heavy atom. The number of halogens is 2. The van der Waals surface area contributed by atoms with Crippen molar-refractivity contribution < 1.29 is 19.4 Å². The first-order chi connectivity index (χ1) is 14.0. The van der Waals surface area contributed by atoms with Gasteiger partial charge in [-0.3, -0.25) is 9.69 Å². The monoisotopic (exact) mass is 438 g/mol. The molecule has 2 aromatic rings. The first kappa shape index (κ1) is 21.6. The number of nitrogens with zero attached hydrogens (tertiary/aromatic N) is 2. The van der Waals surface area contributed by atoms with Crippen LogP contribution < -0.4 is 9.47 Å². The second kappa shape index (κ2) is 10.1. The van der Waals surface area contributed by atoms with Crippen molar-refractivity contribution in [3.8, 4) is 17.2 Å². The summed E-state index contributed by atoms with van der Waals surface area (Å²) in [5.74, 6) is 0.629. The van der Waals surface area contributed by atoms with Gasteiger partial charge in [0.05, 0.1) is 16.7 Å². The Hall–Kier alpha value is -2.15. The number of hydrogen-bond acceptors (Lipinski definition) is 5. The Morgan fingerprint density at radius 1 is 1.03 bits per heavy atom. The zero-order chi connectivity index (χ0) is 20.8. The average molecular weight is 439 g/mol. The fraction of sp³-hybridized carbons (Fsp3) is 0.381. The second-order valence-electron chi connectivity index (χ2n) is 6.65. The molecule has 0 spiro atoms. The molecular weight excluding hydrogens is 415 g/mol. The molecule has 0 radical (unpaired) electrons. The van der Waals surface area contributed by atoms with Crippen LogP contribution in [0.5, 0.6) is 17.2 Å². The molecule has 0 saturated carbocycles. The third-order valence-corrected chi connectivity index (χ3v) is 5.34. The van der Waals surface area contributed by atoms with E-state index in [2.05, 4.69) is 4.90 Å². The van der Waals surface area contributed by atoms with Crippen molar-refractivity contribution in [1.29, 1.82) is 0 Å². The van der Waals surface area contributed by atoms with Crippen LogP contribution in [0, 0.1) is 0 Å². The van der Waals surface area contributed by atoms with E-state index in [0.717, 1.165) is 19.6 Å². The van der Waals surface area contributed by atoms with Gasteiger partial charge in [-0.05, 0) is 31.2 Å². The number of phenols is 1. The van der Waals surface area contributed by atoms with Gasteiger partial charge in [0.15, 0.2) is 11.5 Å². The molecule has 1 saturated heterocycles. The van der Waals surface area contributed by atoms with Crippen molar-refractivity contribution in [2.45, 2.75) is 6.92 Å². The molecule has 0 bridgehead atoms. The van der Waals surface area contributed by atoms with Gasteiger partial charge in [-0.2, -0.15) is 0 Å². The summed E-state index contributed by atoms with van der Waals surface area (Å²) in [6.07, 6.45) is 0. The van der Waals surface area contributed by atoms with Crippen molar-refractivity contribution in [2.24, 2.45) is 0 Å². The third kappa shape index (κ3) is 5.47. The van der Waals surface area contributed by atoms with E-state index in [1.807, 2.05) is 18.2 Å². The fourth-order valence-electron chi connectivity index (χ4n) is 3.17. The highest BCUT2D eigenvalue weighted by Gasteiger charge is 2.24. The SMILES string of the molecule is CCOc1cc(C(=O)N2CCN(CCOc3ccccc3Cl)CC2)cc(Cl)c1O. The number of phenolic OH excluding ortho intramolecular Hbond substituents is 1. The molecule has 6 nitrogen and oxygen atoms in total. The minimum absolute atomic E-state index is 0.106. The molecule has 0 aliphatic carbocycles. The van der Waals surface area contributed by atoms with E-state index in [0.29, 0.717) is 42.6 Å². The zero-order valence-electron chi connectivity index (χ0n) is 16.2. The van der Waals surface area contributed by atoms with Gasteiger partial charge in [0, 0.05) is 38.3 Å². The largest absolute Gasteiger partial charge is 0.503 e. The molecule has 0 atom stereocenters. The number of rotatable bonds is 7. The summed E-state index contributed by atoms with van der Waals surface area (Å²) in [7, 11) is 0. The van der Waals surface area contributed by atoms with E-state index < -0.39 is 0 Å². The molecule has 0 unspecified atom stereocenters. The smallest absolute Gasteiger partial charge is 0.254 e. The first-order valence-corrected chi connectivity index (χ1v) is 10.3. The van der Waals surface area contributed by atoms with Crippen LogP contribution in [0.1, 0.15) is 17.3 Å². The van der Waals surface area contributed by atoms with Gasteiger partial charge in [-0.15, -0.1) is 0 Å². The Labute approximate surface area is 180 Å². The van der Waals surface area contributed by atoms with Crippen molar-refractivity contribution in [2.75, 3.05) is 45.9 Å². The predicted molar refractivity (Wildman–Crippen MR) is 114 cm³/mol. The number of piperazine rings is 1. The van der Waals surface area contributed by atoms with Crippen LogP contribution in [-0.4, -0.2) is 66.8 Å². The van der Waals surface area contributed by atoms with Gasteiger partial charge in [0.1, 0.15) is 12.4 Å². The molecular formula is C21H24Cl2N2O4. The van der Waals surface area contributed by atoms with Crippen LogP contribution in [0.25, 0.3) is 0 Å². The molecule has 1 aliphatic rings. The molecule has 1 heterocycles. The van der Waals surface area contributed by atoms with Crippen molar-refractivity contribution >= 4 is 29.1 Å². The van der Waals surface area contributed by atoms with E-state index in [4.69, 9.17) is 32.7 Å². The number of para-hydroxylation sites is 1. The van der Waals surface area contributed by atoms with E-state index in [9.17, 15) is 9.90 Å². The molecule has 2 aromatic carbocycles. The predicted octanol–water partition coefficient (Wildman–Crippen LogP) is 3.93. The van der Waals surface area contributed by atoms with Crippen LogP contribution in [0.3, 0.4) is 0 Å². The maximum Gasteiger partial charge on any atom is 0.254 e. The maximum absolute atomic E-state index is 12.8. The quantitative estimate of drug-likeness (QED) is 0.709. The minimum atomic E-state index is -0.145. The lowest BCUT2D eigenvalue weighted by Gasteiger charge is -2.34. The zero-order valence-corrected chi connectivity index (χ0v) is 17.7. The summed E-state index contributed by atoms with van der Waals surface area (Å²) in [4.78, 5) is 16.9. The molecule has 1 fully saturated rings. The van der Waals surface area contributed by atoms with Gasteiger partial charge in [0.25, 0.3) is 5.91 Å². The summed E-state index contributed by atoms with van der Waals surface area (Å²) in [6.45, 7) is 6.17. The molecule has 1 amide bonds. The van der Waals surface area contributed by atoms with Gasteiger partial charge in [-0.1, -0.05) is 35.3 Å². The number of ether oxygens (including phenoxy) is 2. The van der Waals surface area contributed by atoms with E-state index in [-0.39, 0.29) is 22.4 Å². The molecule has 8 heteroatoms. The Bertz CT molecular complexity index is 855. The molecule has 0 aromatic heterocycles. The number of carbonyl (C=O) groups excluding carboxylic acids is 1. The van der Waals surface area contributed by atoms with Crippen LogP contribution >= 0.6 is 23.2 Å². The second-order valence-corrected chi connectivity index (χ2v) is 7.46. The van der Waals surface area contributed by atoms with Gasteiger partial charge < -0.3 is 19.5 Å². The Balaban J connectivity index is 1.51. The average Bonchev–Trinajstić information content (AvgIpc) is 2.73. The van der Waals surface area contributed by atoms with Crippen LogP contribution in [0.15, 0.2) is 36.4 Å². The topological polar surface area (TPSA) is 62.2 Å². The van der Waals surface area contributed by atoms with Crippen LogP contribution in [0.2, 0.25) is 10.0 Å². The number of aromatic hydroxyl groups is 1. The summed E-state index contributed by atoms with van der Waals surface area (Å²) >= 11 is 12.1. The lowest BCUT2D eigenvalue weighted by molar-refractivity contribution is 0.0620. The number of benzene rings is 2. The highest BCUT2D eigenvalue weighted by Crippen LogP contribution is 2.35. The summed E-state index contributed by atoms with van der Waals surface area (Å²) in [5.41, 5.74) is 0.409. The maximum atomic E-state index is 12.8. The van der Waals surface area contributed by atoms with Crippen molar-refractivity contribution in [1.82, 2.24) is 9.80 Å². The van der Waals surface area contributed by atoms with Crippen molar-refractivity contribution in [3.63, 3.8) is 0 Å². The highest BCUT2D eigenvalue weighted by atomic mass is 35.5. The normalized spacial score (nSPS) is 14.7. The Kier molecular flexibility index (Phi) is 7.47. The molecule has 3 rings (SSSR count). The number of carbonyl (C=O) groups is 1. The lowest BCUT2D eigenvalue weighted by Crippen LogP contribution is -2.49. The van der Waals surface area contributed by atoms with Gasteiger partial charge in [0.2, 0.25) is 0 Å². The van der Waals surface area contributed by atoms with E-state index in [1.165, 1.54) is 12.1 Å². The Morgan fingerprint density at radius 2 is 1.76 bits per heavy atom. The summed E-state index contributed by atoms with van der Waals surface area (Å²) in [5, 5.41) is 10.7. The third-order valence-electron chi connectivity index (χ3n) is 4.74. The fourth-order valence-corrected chi connectivity index (χ4v) is 3.57. The molecule has 1 N–H and O–H groups in total. The van der Waals surface area contributed by atoms with Gasteiger partial charge >= 0.3 is 0 Å². The number of amides is 1. The standard InChI is InChI=1S/C21H24Cl2N2O4/c1-2-28-19-14-15(13-17(23)20(19)26)21(27)25-9-7-24(8-10-25)11-12-29-18-6-4-3-5-16(18)22/h3-6,13-14,26H,2,7-12H2,1H3. The first-order valence-electron chi connectivity index (χ1n) is 9.54. The van der Waals surface area contributed by atoms with Gasteiger partial charge in [-0.25, -0.2) is 0 Å². The van der Waals surface area contributed by atoms with E-state index in [1.54, 1.807) is 17.9 Å². The molecule has 1 aliphatic heterocycles. The molecule has 29 heavy (non-hydrogen) atoms. The summed E-state index contributed by atoms with van der Waals surface area (Å²) in [6, 6.07) is 10.4. The lowest BCUT2D eigenvalue weighted by atomic mass is 10.1. The summed E-state index contributed by atoms with van der Waals surface area (Å²) < 4.78 is 11.1. The highest BCUT2D eigenvalue weighted by molar-refractivity contribution is 6.32. The van der Waals surface area contributed by atoms with E-state index >= 15 is 0 Å². The van der Waals surface area contributed by atoms with Crippen LogP contribution in [0.4, 0.5) is 0 Å². The minimum Gasteiger partial charge on any atom is -0.503 e. The number of hydrogen-bond donors (Lipinski definition) is 1. The van der Waals surface area contributed by atoms with Crippen molar-refractivity contribution in [3.05, 3.63) is 52.0 Å².